The molecular weight excluding hydrogens is 290 g/mol. The van der Waals surface area contributed by atoms with Crippen LogP contribution in [-0.4, -0.2) is 35.7 Å². The van der Waals surface area contributed by atoms with E-state index in [9.17, 15) is 9.59 Å². The Hall–Kier alpha value is -1.21. The Kier molecular flexibility index (Phi) is 5.30. The molecule has 0 saturated heterocycles. The number of ether oxygens (including phenoxy) is 1. The number of aromatic nitrogens is 2. The molecule has 0 aliphatic rings. The fraction of sp³-hybridized carbons (Fsp3) is 0.500. The van der Waals surface area contributed by atoms with Crippen molar-refractivity contribution in [2.75, 3.05) is 20.3 Å². The van der Waals surface area contributed by atoms with E-state index in [1.165, 1.54) is 10.8 Å². The zero-order chi connectivity index (χ0) is 12.8. The second-order valence-corrected chi connectivity index (χ2v) is 4.24. The van der Waals surface area contributed by atoms with Crippen molar-refractivity contribution in [2.45, 2.75) is 13.5 Å². The van der Waals surface area contributed by atoms with Crippen molar-refractivity contribution in [3.63, 3.8) is 0 Å². The van der Waals surface area contributed by atoms with Crippen molar-refractivity contribution in [2.24, 2.45) is 0 Å². The van der Waals surface area contributed by atoms with E-state index in [-0.39, 0.29) is 18.0 Å². The average Bonchev–Trinajstić information content (AvgIpc) is 2.30. The van der Waals surface area contributed by atoms with Crippen LogP contribution in [0.4, 0.5) is 0 Å². The van der Waals surface area contributed by atoms with E-state index < -0.39 is 0 Å². The van der Waals surface area contributed by atoms with Gasteiger partial charge in [0, 0.05) is 19.9 Å². The molecule has 1 rings (SSSR count). The predicted octanol–water partition coefficient (Wildman–Crippen LogP) is 0.0768. The zero-order valence-corrected chi connectivity index (χ0v) is 11.3. The van der Waals surface area contributed by atoms with Gasteiger partial charge in [0.1, 0.15) is 16.8 Å². The molecule has 0 atom stereocenters. The van der Waals surface area contributed by atoms with Crippen LogP contribution in [0.2, 0.25) is 0 Å². The van der Waals surface area contributed by atoms with Gasteiger partial charge in [0.05, 0.1) is 6.61 Å². The van der Waals surface area contributed by atoms with Gasteiger partial charge < -0.3 is 10.1 Å². The average molecular weight is 304 g/mol. The highest BCUT2D eigenvalue weighted by Crippen LogP contribution is 2.01. The number of nitrogens with one attached hydrogen (secondary N) is 1. The first-order valence-corrected chi connectivity index (χ1v) is 5.83. The van der Waals surface area contributed by atoms with E-state index in [0.29, 0.717) is 23.4 Å². The van der Waals surface area contributed by atoms with Crippen LogP contribution in [0.25, 0.3) is 0 Å². The number of carbonyl (C=O) groups excluding carboxylic acids is 1. The van der Waals surface area contributed by atoms with Gasteiger partial charge in [-0.3, -0.25) is 14.2 Å². The molecule has 1 N–H and O–H groups in total. The summed E-state index contributed by atoms with van der Waals surface area (Å²) in [6.07, 6.45) is 1.43. The molecule has 0 aromatic carbocycles. The van der Waals surface area contributed by atoms with Crippen molar-refractivity contribution < 1.29 is 9.53 Å². The van der Waals surface area contributed by atoms with Gasteiger partial charge in [-0.2, -0.15) is 0 Å². The van der Waals surface area contributed by atoms with Gasteiger partial charge >= 0.3 is 0 Å². The van der Waals surface area contributed by atoms with Crippen molar-refractivity contribution in [1.82, 2.24) is 14.9 Å². The summed E-state index contributed by atoms with van der Waals surface area (Å²) in [6, 6.07) is 0. The Bertz CT molecular complexity index is 459. The number of halogens is 1. The minimum Gasteiger partial charge on any atom is -0.383 e. The maximum atomic E-state index is 11.7. The number of nitrogens with zero attached hydrogens (tertiary/aromatic N) is 2. The zero-order valence-electron chi connectivity index (χ0n) is 9.70. The summed E-state index contributed by atoms with van der Waals surface area (Å²) in [5, 5.41) is 2.64. The molecule has 1 heterocycles. The molecule has 0 aliphatic carbocycles. The highest BCUT2D eigenvalue weighted by Gasteiger charge is 2.09. The topological polar surface area (TPSA) is 73.2 Å². The molecule has 0 radical (unpaired) electrons. The number of hydrogen-bond donors (Lipinski definition) is 1. The third kappa shape index (κ3) is 3.94. The Morgan fingerprint density at radius 2 is 2.35 bits per heavy atom. The molecule has 17 heavy (non-hydrogen) atoms. The van der Waals surface area contributed by atoms with Crippen LogP contribution in [0.1, 0.15) is 5.82 Å². The van der Waals surface area contributed by atoms with Crippen molar-refractivity contribution in [3.8, 4) is 0 Å². The highest BCUT2D eigenvalue weighted by molar-refractivity contribution is 9.10. The largest absolute Gasteiger partial charge is 0.383 e. The van der Waals surface area contributed by atoms with Crippen LogP contribution >= 0.6 is 15.9 Å². The standard InChI is InChI=1S/C10H14BrN3O3/c1-7-13-5-8(11)10(16)14(7)6-9(15)12-3-4-17-2/h5H,3-4,6H2,1-2H3,(H,12,15). The number of carbonyl (C=O) groups is 1. The van der Waals surface area contributed by atoms with E-state index in [1.54, 1.807) is 14.0 Å². The summed E-state index contributed by atoms with van der Waals surface area (Å²) in [5.41, 5.74) is -0.264. The fourth-order valence-electron chi connectivity index (χ4n) is 1.23. The van der Waals surface area contributed by atoms with Crippen LogP contribution in [0.3, 0.4) is 0 Å². The van der Waals surface area contributed by atoms with E-state index in [2.05, 4.69) is 26.2 Å². The number of hydrogen-bond acceptors (Lipinski definition) is 4. The van der Waals surface area contributed by atoms with Crippen LogP contribution in [0.15, 0.2) is 15.5 Å². The van der Waals surface area contributed by atoms with Crippen LogP contribution in [0.5, 0.6) is 0 Å². The van der Waals surface area contributed by atoms with Gasteiger partial charge in [-0.1, -0.05) is 0 Å². The van der Waals surface area contributed by atoms with E-state index in [1.807, 2.05) is 0 Å². The summed E-state index contributed by atoms with van der Waals surface area (Å²) >= 11 is 3.09. The second-order valence-electron chi connectivity index (χ2n) is 3.39. The summed E-state index contributed by atoms with van der Waals surface area (Å²) in [5.74, 6) is 0.257. The van der Waals surface area contributed by atoms with E-state index in [0.717, 1.165) is 0 Å². The summed E-state index contributed by atoms with van der Waals surface area (Å²) < 4.78 is 6.46. The number of aryl methyl sites for hydroxylation is 1. The normalized spacial score (nSPS) is 10.3. The molecule has 0 aliphatic heterocycles. The molecule has 94 valence electrons. The lowest BCUT2D eigenvalue weighted by Gasteiger charge is -2.09. The first kappa shape index (κ1) is 13.9. The van der Waals surface area contributed by atoms with Crippen LogP contribution in [0, 0.1) is 6.92 Å². The SMILES string of the molecule is COCCNC(=O)Cn1c(C)ncc(Br)c1=O. The molecule has 1 amide bonds. The molecule has 0 spiro atoms. The Morgan fingerprint density at radius 3 is 3.00 bits per heavy atom. The van der Waals surface area contributed by atoms with Gasteiger partial charge in [-0.05, 0) is 22.9 Å². The van der Waals surface area contributed by atoms with Gasteiger partial charge in [-0.25, -0.2) is 4.98 Å². The fourth-order valence-corrected chi connectivity index (χ4v) is 1.55. The van der Waals surface area contributed by atoms with E-state index in [4.69, 9.17) is 4.74 Å². The lowest BCUT2D eigenvalue weighted by molar-refractivity contribution is -0.121. The smallest absolute Gasteiger partial charge is 0.268 e. The Morgan fingerprint density at radius 1 is 1.65 bits per heavy atom. The molecule has 0 saturated carbocycles. The van der Waals surface area contributed by atoms with Gasteiger partial charge in [-0.15, -0.1) is 0 Å². The second kappa shape index (κ2) is 6.51. The molecule has 1 aromatic rings. The maximum Gasteiger partial charge on any atom is 0.268 e. The van der Waals surface area contributed by atoms with Crippen LogP contribution < -0.4 is 10.9 Å². The van der Waals surface area contributed by atoms with Crippen molar-refractivity contribution in [1.29, 1.82) is 0 Å². The van der Waals surface area contributed by atoms with Gasteiger partial charge in [0.25, 0.3) is 5.56 Å². The monoisotopic (exact) mass is 303 g/mol. The van der Waals surface area contributed by atoms with Gasteiger partial charge in [0.2, 0.25) is 5.91 Å². The summed E-state index contributed by atoms with van der Waals surface area (Å²) in [7, 11) is 1.55. The molecule has 6 nitrogen and oxygen atoms in total. The number of methoxy groups -OCH3 is 1. The Labute approximate surface area is 107 Å². The first-order valence-electron chi connectivity index (χ1n) is 5.04. The first-order chi connectivity index (χ1) is 8.06. The lowest BCUT2D eigenvalue weighted by Crippen LogP contribution is -2.35. The predicted molar refractivity (Wildman–Crippen MR) is 65.8 cm³/mol. The molecule has 0 fully saturated rings. The highest BCUT2D eigenvalue weighted by atomic mass is 79.9. The van der Waals surface area contributed by atoms with E-state index >= 15 is 0 Å². The molecule has 0 unspecified atom stereocenters. The minimum absolute atomic E-state index is 0.0409. The molecule has 1 aromatic heterocycles. The molecule has 0 bridgehead atoms. The molecular formula is C10H14BrN3O3. The molecule has 7 heteroatoms. The number of rotatable bonds is 5. The third-order valence-corrected chi connectivity index (χ3v) is 2.68. The van der Waals surface area contributed by atoms with Crippen molar-refractivity contribution in [3.05, 3.63) is 26.8 Å². The quantitative estimate of drug-likeness (QED) is 0.782. The van der Waals surface area contributed by atoms with Crippen molar-refractivity contribution >= 4 is 21.8 Å². The maximum absolute atomic E-state index is 11.7. The lowest BCUT2D eigenvalue weighted by atomic mass is 10.4. The minimum atomic E-state index is -0.264. The van der Waals surface area contributed by atoms with Crippen LogP contribution in [-0.2, 0) is 16.1 Å². The summed E-state index contributed by atoms with van der Waals surface area (Å²) in [4.78, 5) is 27.3. The third-order valence-electron chi connectivity index (χ3n) is 2.13. The summed E-state index contributed by atoms with van der Waals surface area (Å²) in [6.45, 7) is 2.50. The number of amides is 1. The van der Waals surface area contributed by atoms with Gasteiger partial charge in [0.15, 0.2) is 0 Å². The Balaban J connectivity index is 2.71.